The fourth-order valence-electron chi connectivity index (χ4n) is 1.66. The molecule has 1 atom stereocenters. The van der Waals surface area contributed by atoms with Crippen LogP contribution in [0.25, 0.3) is 0 Å². The third-order valence-corrected chi connectivity index (χ3v) is 3.37. The van der Waals surface area contributed by atoms with Crippen molar-refractivity contribution in [3.63, 3.8) is 0 Å². The molecule has 0 spiro atoms. The van der Waals surface area contributed by atoms with Gasteiger partial charge in [0.2, 0.25) is 0 Å². The largest absolute Gasteiger partial charge is 0.366 e. The van der Waals surface area contributed by atoms with Crippen LogP contribution in [-0.4, -0.2) is 24.7 Å². The minimum absolute atomic E-state index is 0.221. The van der Waals surface area contributed by atoms with Crippen molar-refractivity contribution in [1.82, 2.24) is 15.5 Å². The van der Waals surface area contributed by atoms with Crippen molar-refractivity contribution >= 4 is 0 Å². The highest BCUT2D eigenvalue weighted by molar-refractivity contribution is 5.09. The van der Waals surface area contributed by atoms with Gasteiger partial charge < -0.3 is 15.5 Å². The molecule has 0 amide bonds. The van der Waals surface area contributed by atoms with Crippen molar-refractivity contribution in [2.45, 2.75) is 40.7 Å². The van der Waals surface area contributed by atoms with Gasteiger partial charge in [0.05, 0.1) is 12.5 Å². The topological polar surface area (TPSA) is 27.3 Å². The zero-order valence-corrected chi connectivity index (χ0v) is 13.5. The van der Waals surface area contributed by atoms with Crippen LogP contribution in [0, 0.1) is 11.8 Å². The van der Waals surface area contributed by atoms with Crippen LogP contribution in [0.5, 0.6) is 0 Å². The Morgan fingerprint density at radius 2 is 1.53 bits per heavy atom. The molecule has 1 unspecified atom stereocenters. The summed E-state index contributed by atoms with van der Waals surface area (Å²) >= 11 is 0. The van der Waals surface area contributed by atoms with E-state index >= 15 is 0 Å². The predicted octanol–water partition coefficient (Wildman–Crippen LogP) is 3.30. The van der Waals surface area contributed by atoms with Gasteiger partial charge in [-0.15, -0.1) is 0 Å². The van der Waals surface area contributed by atoms with E-state index in [9.17, 15) is 0 Å². The standard InChI is InChI=1S/C16H31N3/c1-11(2)13(5)14(6)18-16(8)17-10-19(9)15(7)12(3)4/h11-12,14,17-18H,5,7-8,10H2,1-4,6,9H3. The summed E-state index contributed by atoms with van der Waals surface area (Å²) in [6, 6.07) is 0.221. The molecule has 0 bridgehead atoms. The summed E-state index contributed by atoms with van der Waals surface area (Å²) in [4.78, 5) is 2.10. The molecule has 0 fully saturated rings. The van der Waals surface area contributed by atoms with E-state index in [0.29, 0.717) is 18.5 Å². The van der Waals surface area contributed by atoms with Crippen molar-refractivity contribution in [1.29, 1.82) is 0 Å². The molecule has 0 aromatic carbocycles. The molecule has 3 heteroatoms. The van der Waals surface area contributed by atoms with E-state index in [0.717, 1.165) is 11.5 Å². The summed E-state index contributed by atoms with van der Waals surface area (Å²) in [6.45, 7) is 23.5. The molecule has 0 aliphatic rings. The number of nitrogens with zero attached hydrogens (tertiary/aromatic N) is 1. The Morgan fingerprint density at radius 3 is 1.95 bits per heavy atom. The Labute approximate surface area is 119 Å². The monoisotopic (exact) mass is 265 g/mol. The van der Waals surface area contributed by atoms with Gasteiger partial charge in [0.1, 0.15) is 0 Å². The maximum absolute atomic E-state index is 4.10. The SMILES string of the molecule is C=C(NCN(C)C(=C)C(C)C)NC(C)C(=C)C(C)C. The van der Waals surface area contributed by atoms with E-state index < -0.39 is 0 Å². The zero-order valence-electron chi connectivity index (χ0n) is 13.5. The Hall–Kier alpha value is -1.38. The van der Waals surface area contributed by atoms with E-state index in [2.05, 4.69) is 69.9 Å². The van der Waals surface area contributed by atoms with Gasteiger partial charge in [-0.3, -0.25) is 0 Å². The quantitative estimate of drug-likeness (QED) is 0.495. The van der Waals surface area contributed by atoms with Gasteiger partial charge in [-0.2, -0.15) is 0 Å². The maximum atomic E-state index is 4.10. The molecule has 3 nitrogen and oxygen atoms in total. The van der Waals surface area contributed by atoms with Crippen LogP contribution in [0.15, 0.2) is 36.8 Å². The molecule has 19 heavy (non-hydrogen) atoms. The van der Waals surface area contributed by atoms with Gasteiger partial charge in [0, 0.05) is 18.8 Å². The van der Waals surface area contributed by atoms with Crippen molar-refractivity contribution in [2.75, 3.05) is 13.7 Å². The maximum Gasteiger partial charge on any atom is 0.0930 e. The van der Waals surface area contributed by atoms with E-state index in [4.69, 9.17) is 0 Å². The molecular weight excluding hydrogens is 234 g/mol. The van der Waals surface area contributed by atoms with E-state index in [1.165, 1.54) is 5.57 Å². The molecule has 0 rings (SSSR count). The lowest BCUT2D eigenvalue weighted by atomic mass is 9.99. The van der Waals surface area contributed by atoms with E-state index in [1.54, 1.807) is 0 Å². The van der Waals surface area contributed by atoms with E-state index in [-0.39, 0.29) is 6.04 Å². The molecular formula is C16H31N3. The van der Waals surface area contributed by atoms with E-state index in [1.807, 2.05) is 7.05 Å². The third-order valence-electron chi connectivity index (χ3n) is 3.37. The molecule has 0 aromatic heterocycles. The molecule has 0 heterocycles. The van der Waals surface area contributed by atoms with Crippen molar-refractivity contribution < 1.29 is 0 Å². The van der Waals surface area contributed by atoms with Crippen LogP contribution in [0.2, 0.25) is 0 Å². The number of nitrogens with one attached hydrogen (secondary N) is 2. The lowest BCUT2D eigenvalue weighted by molar-refractivity contribution is 0.353. The second kappa shape index (κ2) is 7.93. The summed E-state index contributed by atoms with van der Waals surface area (Å²) < 4.78 is 0. The van der Waals surface area contributed by atoms with Crippen LogP contribution in [0.1, 0.15) is 34.6 Å². The molecule has 0 aromatic rings. The molecule has 0 radical (unpaired) electrons. The Bertz CT molecular complexity index is 329. The molecule has 110 valence electrons. The first-order chi connectivity index (χ1) is 8.66. The van der Waals surface area contributed by atoms with Gasteiger partial charge in [0.15, 0.2) is 0 Å². The number of hydrogen-bond acceptors (Lipinski definition) is 3. The minimum Gasteiger partial charge on any atom is -0.366 e. The molecule has 0 aliphatic carbocycles. The Morgan fingerprint density at radius 1 is 1.00 bits per heavy atom. The zero-order chi connectivity index (χ0) is 15.2. The first-order valence-corrected chi connectivity index (χ1v) is 6.94. The molecule has 0 saturated carbocycles. The van der Waals surface area contributed by atoms with Gasteiger partial charge in [-0.1, -0.05) is 53.0 Å². The van der Waals surface area contributed by atoms with Crippen molar-refractivity contribution in [2.24, 2.45) is 11.8 Å². The summed E-state index contributed by atoms with van der Waals surface area (Å²) in [6.07, 6.45) is 0. The van der Waals surface area contributed by atoms with Gasteiger partial charge in [-0.25, -0.2) is 0 Å². The predicted molar refractivity (Wildman–Crippen MR) is 85.5 cm³/mol. The van der Waals surface area contributed by atoms with Gasteiger partial charge >= 0.3 is 0 Å². The Kier molecular flexibility index (Phi) is 7.35. The smallest absolute Gasteiger partial charge is 0.0930 e. The lowest BCUT2D eigenvalue weighted by Crippen LogP contribution is -2.39. The van der Waals surface area contributed by atoms with Crippen molar-refractivity contribution in [3.05, 3.63) is 36.8 Å². The molecule has 0 aliphatic heterocycles. The normalized spacial score (nSPS) is 12.2. The highest BCUT2D eigenvalue weighted by Crippen LogP contribution is 2.12. The summed E-state index contributed by atoms with van der Waals surface area (Å²) in [7, 11) is 2.03. The lowest BCUT2D eigenvalue weighted by Gasteiger charge is -2.27. The number of allylic oxidation sites excluding steroid dienone is 1. The minimum atomic E-state index is 0.221. The summed E-state index contributed by atoms with van der Waals surface area (Å²) in [5.41, 5.74) is 2.29. The van der Waals surface area contributed by atoms with Crippen LogP contribution >= 0.6 is 0 Å². The van der Waals surface area contributed by atoms with Crippen LogP contribution < -0.4 is 10.6 Å². The van der Waals surface area contributed by atoms with Crippen LogP contribution in [0.4, 0.5) is 0 Å². The molecule has 2 N–H and O–H groups in total. The second-order valence-corrected chi connectivity index (χ2v) is 5.75. The average Bonchev–Trinajstić information content (AvgIpc) is 2.33. The first-order valence-electron chi connectivity index (χ1n) is 6.94. The number of hydrogen-bond donors (Lipinski definition) is 2. The first kappa shape index (κ1) is 17.6. The second-order valence-electron chi connectivity index (χ2n) is 5.75. The average molecular weight is 265 g/mol. The summed E-state index contributed by atoms with van der Waals surface area (Å²) in [5.74, 6) is 1.74. The summed E-state index contributed by atoms with van der Waals surface area (Å²) in [5, 5.41) is 6.58. The van der Waals surface area contributed by atoms with Crippen molar-refractivity contribution in [3.8, 4) is 0 Å². The van der Waals surface area contributed by atoms with Gasteiger partial charge in [0.25, 0.3) is 0 Å². The highest BCUT2D eigenvalue weighted by atomic mass is 15.2. The van der Waals surface area contributed by atoms with Crippen LogP contribution in [0.3, 0.4) is 0 Å². The van der Waals surface area contributed by atoms with Crippen LogP contribution in [-0.2, 0) is 0 Å². The fraction of sp³-hybridized carbons (Fsp3) is 0.625. The Balaban J connectivity index is 4.13. The van der Waals surface area contributed by atoms with Gasteiger partial charge in [-0.05, 0) is 18.8 Å². The number of rotatable bonds is 9. The fourth-order valence-corrected chi connectivity index (χ4v) is 1.66. The highest BCUT2D eigenvalue weighted by Gasteiger charge is 2.11. The third kappa shape index (κ3) is 6.37. The molecule has 0 saturated heterocycles.